The topological polar surface area (TPSA) is 62.2 Å². The van der Waals surface area contributed by atoms with Crippen LogP contribution in [0.2, 0.25) is 0 Å². The quantitative estimate of drug-likeness (QED) is 0.421. The van der Waals surface area contributed by atoms with Crippen LogP contribution in [0.4, 0.5) is 0 Å². The van der Waals surface area contributed by atoms with Crippen molar-refractivity contribution in [2.75, 3.05) is 0 Å². The van der Waals surface area contributed by atoms with Gasteiger partial charge in [-0.3, -0.25) is 5.41 Å². The van der Waals surface area contributed by atoms with Crippen LogP contribution in [0.15, 0.2) is 15.7 Å². The summed E-state index contributed by atoms with van der Waals surface area (Å²) in [5.41, 5.74) is 5.61. The summed E-state index contributed by atoms with van der Waals surface area (Å²) in [5.74, 6) is -0.0864. The first-order valence-electron chi connectivity index (χ1n) is 2.27. The molecule has 0 aliphatic heterocycles. The van der Waals surface area contributed by atoms with Crippen molar-refractivity contribution in [3.05, 3.63) is 10.7 Å². The first-order valence-corrected chi connectivity index (χ1v) is 2.65. The van der Waals surface area contributed by atoms with Gasteiger partial charge in [0.25, 0.3) is 0 Å². The van der Waals surface area contributed by atoms with E-state index >= 15 is 0 Å². The Morgan fingerprint density at radius 3 is 2.33 bits per heavy atom. The van der Waals surface area contributed by atoms with Crippen LogP contribution >= 0.6 is 11.6 Å². The highest BCUT2D eigenvalue weighted by atomic mass is 35.5. The SMILES string of the molecule is C=NC(=N)C(Cl)=C(C)N. The van der Waals surface area contributed by atoms with Gasteiger partial charge in [-0.15, -0.1) is 0 Å². The van der Waals surface area contributed by atoms with Crippen LogP contribution in [0.3, 0.4) is 0 Å². The fraction of sp³-hybridized carbons (Fsp3) is 0.200. The van der Waals surface area contributed by atoms with E-state index in [1.54, 1.807) is 6.92 Å². The van der Waals surface area contributed by atoms with Crippen molar-refractivity contribution in [1.82, 2.24) is 0 Å². The van der Waals surface area contributed by atoms with Crippen LogP contribution < -0.4 is 5.73 Å². The molecule has 0 aromatic carbocycles. The van der Waals surface area contributed by atoms with Crippen LogP contribution in [0.5, 0.6) is 0 Å². The molecule has 3 nitrogen and oxygen atoms in total. The highest BCUT2D eigenvalue weighted by Gasteiger charge is 1.99. The van der Waals surface area contributed by atoms with Crippen molar-refractivity contribution < 1.29 is 0 Å². The molecule has 0 atom stereocenters. The van der Waals surface area contributed by atoms with E-state index in [-0.39, 0.29) is 10.9 Å². The molecule has 0 radical (unpaired) electrons. The van der Waals surface area contributed by atoms with Crippen molar-refractivity contribution in [3.8, 4) is 0 Å². The van der Waals surface area contributed by atoms with Gasteiger partial charge in [0, 0.05) is 5.70 Å². The van der Waals surface area contributed by atoms with Gasteiger partial charge in [-0.05, 0) is 13.6 Å². The number of hydrogen-bond acceptors (Lipinski definition) is 2. The molecular formula is C5H8ClN3. The first-order chi connectivity index (χ1) is 4.09. The fourth-order valence-corrected chi connectivity index (χ4v) is 0.316. The number of hydrogen-bond donors (Lipinski definition) is 2. The summed E-state index contributed by atoms with van der Waals surface area (Å²) >= 11 is 5.46. The number of amidine groups is 1. The Labute approximate surface area is 58.7 Å². The summed E-state index contributed by atoms with van der Waals surface area (Å²) in [6, 6.07) is 0. The van der Waals surface area contributed by atoms with Crippen molar-refractivity contribution in [1.29, 1.82) is 5.41 Å². The molecule has 0 aromatic heterocycles. The number of nitrogens with two attached hydrogens (primary N) is 1. The molecule has 0 aliphatic rings. The van der Waals surface area contributed by atoms with E-state index in [9.17, 15) is 0 Å². The van der Waals surface area contributed by atoms with Gasteiger partial charge in [-0.2, -0.15) is 0 Å². The van der Waals surface area contributed by atoms with Gasteiger partial charge in [0.15, 0.2) is 5.84 Å². The molecule has 0 bridgehead atoms. The predicted octanol–water partition coefficient (Wildman–Crippen LogP) is 1.09. The van der Waals surface area contributed by atoms with E-state index in [0.29, 0.717) is 5.70 Å². The zero-order chi connectivity index (χ0) is 7.44. The largest absolute Gasteiger partial charge is 0.401 e. The zero-order valence-corrected chi connectivity index (χ0v) is 5.87. The molecule has 0 heterocycles. The Morgan fingerprint density at radius 1 is 1.78 bits per heavy atom. The summed E-state index contributed by atoms with van der Waals surface area (Å²) < 4.78 is 0. The number of rotatable bonds is 1. The van der Waals surface area contributed by atoms with E-state index in [2.05, 4.69) is 11.7 Å². The average molecular weight is 146 g/mol. The van der Waals surface area contributed by atoms with Crippen molar-refractivity contribution >= 4 is 24.2 Å². The Morgan fingerprint density at radius 2 is 2.22 bits per heavy atom. The minimum absolute atomic E-state index is 0.0864. The van der Waals surface area contributed by atoms with Gasteiger partial charge in [-0.1, -0.05) is 11.6 Å². The summed E-state index contributed by atoms with van der Waals surface area (Å²) in [6.07, 6.45) is 0. The lowest BCUT2D eigenvalue weighted by atomic mass is 10.4. The predicted molar refractivity (Wildman–Crippen MR) is 40.0 cm³/mol. The zero-order valence-electron chi connectivity index (χ0n) is 5.11. The van der Waals surface area contributed by atoms with E-state index in [0.717, 1.165) is 0 Å². The maximum absolute atomic E-state index is 6.97. The highest BCUT2D eigenvalue weighted by molar-refractivity contribution is 6.43. The minimum atomic E-state index is -0.0864. The van der Waals surface area contributed by atoms with Crippen LogP contribution in [-0.4, -0.2) is 12.6 Å². The monoisotopic (exact) mass is 145 g/mol. The van der Waals surface area contributed by atoms with E-state index < -0.39 is 0 Å². The van der Waals surface area contributed by atoms with Gasteiger partial charge in [0.05, 0.1) is 0 Å². The van der Waals surface area contributed by atoms with Gasteiger partial charge in [0.2, 0.25) is 0 Å². The second kappa shape index (κ2) is 3.25. The summed E-state index contributed by atoms with van der Waals surface area (Å²) in [7, 11) is 0. The molecule has 9 heavy (non-hydrogen) atoms. The molecule has 0 aliphatic carbocycles. The summed E-state index contributed by atoms with van der Waals surface area (Å²) in [5, 5.41) is 7.13. The smallest absolute Gasteiger partial charge is 0.164 e. The third-order valence-electron chi connectivity index (χ3n) is 0.712. The summed E-state index contributed by atoms with van der Waals surface area (Å²) in [6.45, 7) is 4.71. The number of allylic oxidation sites excluding steroid dienone is 1. The van der Waals surface area contributed by atoms with E-state index in [1.165, 1.54) is 0 Å². The molecule has 50 valence electrons. The van der Waals surface area contributed by atoms with E-state index in [1.807, 2.05) is 0 Å². The van der Waals surface area contributed by atoms with Gasteiger partial charge in [0.1, 0.15) is 5.03 Å². The van der Waals surface area contributed by atoms with Gasteiger partial charge < -0.3 is 5.73 Å². The third-order valence-corrected chi connectivity index (χ3v) is 1.19. The van der Waals surface area contributed by atoms with Crippen LogP contribution in [0, 0.1) is 5.41 Å². The van der Waals surface area contributed by atoms with Crippen molar-refractivity contribution in [3.63, 3.8) is 0 Å². The summed E-state index contributed by atoms with van der Waals surface area (Å²) in [4.78, 5) is 3.27. The van der Waals surface area contributed by atoms with Crippen LogP contribution in [-0.2, 0) is 0 Å². The molecule has 0 amide bonds. The number of aliphatic imine (C=N–C) groups is 1. The molecule has 3 N–H and O–H groups in total. The number of nitrogens with zero attached hydrogens (tertiary/aromatic N) is 1. The van der Waals surface area contributed by atoms with Crippen molar-refractivity contribution in [2.24, 2.45) is 10.7 Å². The lowest BCUT2D eigenvalue weighted by Crippen LogP contribution is -2.00. The van der Waals surface area contributed by atoms with Gasteiger partial charge >= 0.3 is 0 Å². The van der Waals surface area contributed by atoms with Gasteiger partial charge in [-0.25, -0.2) is 4.99 Å². The lowest BCUT2D eigenvalue weighted by Gasteiger charge is -1.95. The van der Waals surface area contributed by atoms with Crippen molar-refractivity contribution in [2.45, 2.75) is 6.92 Å². The molecule has 0 unspecified atom stereocenters. The molecule has 4 heteroatoms. The third kappa shape index (κ3) is 2.28. The number of nitrogens with one attached hydrogen (secondary N) is 1. The standard InChI is InChI=1S/C5H8ClN3/c1-3(7)4(6)5(8)9-2/h8H,2,7H2,1H3. The molecule has 0 saturated heterocycles. The molecular weight excluding hydrogens is 138 g/mol. The second-order valence-corrected chi connectivity index (χ2v) is 1.88. The molecule has 0 saturated carbocycles. The second-order valence-electron chi connectivity index (χ2n) is 1.50. The first kappa shape index (κ1) is 8.17. The molecule has 0 fully saturated rings. The maximum atomic E-state index is 6.97. The molecule has 0 rings (SSSR count). The maximum Gasteiger partial charge on any atom is 0.164 e. The van der Waals surface area contributed by atoms with Crippen LogP contribution in [0.1, 0.15) is 6.92 Å². The Bertz CT molecular complexity index is 167. The Balaban J connectivity index is 4.39. The Hall–Kier alpha value is -0.830. The highest BCUT2D eigenvalue weighted by Crippen LogP contribution is 2.05. The molecule has 0 aromatic rings. The van der Waals surface area contributed by atoms with Crippen LogP contribution in [0.25, 0.3) is 0 Å². The molecule has 0 spiro atoms. The Kier molecular flexibility index (Phi) is 2.95. The van der Waals surface area contributed by atoms with E-state index in [4.69, 9.17) is 22.7 Å². The average Bonchev–Trinajstić information content (AvgIpc) is 1.84. The number of halogens is 1. The minimum Gasteiger partial charge on any atom is -0.401 e. The fourth-order valence-electron chi connectivity index (χ4n) is 0.256. The lowest BCUT2D eigenvalue weighted by molar-refractivity contribution is 1.29. The normalized spacial score (nSPS) is 12.2.